The van der Waals surface area contributed by atoms with Crippen LogP contribution in [0, 0.1) is 0 Å². The quantitative estimate of drug-likeness (QED) is 0.240. The van der Waals surface area contributed by atoms with Gasteiger partial charge in [0.05, 0.1) is 12.2 Å². The van der Waals surface area contributed by atoms with E-state index in [9.17, 15) is 20.1 Å². The van der Waals surface area contributed by atoms with Crippen molar-refractivity contribution in [1.82, 2.24) is 0 Å². The zero-order valence-corrected chi connectivity index (χ0v) is 15.0. The minimum Gasteiger partial charge on any atom is -0.455 e. The molecule has 1 aliphatic rings. The first-order valence-electron chi connectivity index (χ1n) is 9.11. The second-order valence-corrected chi connectivity index (χ2v) is 6.88. The lowest BCUT2D eigenvalue weighted by atomic mass is 9.91. The van der Waals surface area contributed by atoms with Gasteiger partial charge in [0, 0.05) is 25.5 Å². The SMILES string of the molecule is C[C@@](O)(C=C[C@H]1CC=CC(=O)O1)[C@H](O)C[C@@H](O)CCCCCCCO. The number of carbonyl (C=O) groups is 1. The minimum absolute atomic E-state index is 0.0817. The van der Waals surface area contributed by atoms with E-state index in [0.717, 1.165) is 32.1 Å². The van der Waals surface area contributed by atoms with Crippen molar-refractivity contribution < 1.29 is 30.0 Å². The van der Waals surface area contributed by atoms with E-state index in [1.807, 2.05) is 0 Å². The topological polar surface area (TPSA) is 107 Å². The normalized spacial score (nSPS) is 22.6. The number of hydrogen-bond donors (Lipinski definition) is 4. The Kier molecular flexibility index (Phi) is 9.97. The van der Waals surface area contributed by atoms with E-state index in [-0.39, 0.29) is 13.0 Å². The van der Waals surface area contributed by atoms with Crippen molar-refractivity contribution in [3.05, 3.63) is 24.3 Å². The molecule has 0 fully saturated rings. The van der Waals surface area contributed by atoms with Crippen LogP contribution in [0.3, 0.4) is 0 Å². The van der Waals surface area contributed by atoms with Crippen LogP contribution in [0.1, 0.15) is 58.3 Å². The fraction of sp³-hybridized carbons (Fsp3) is 0.737. The van der Waals surface area contributed by atoms with Crippen molar-refractivity contribution in [1.29, 1.82) is 0 Å². The molecule has 0 aromatic carbocycles. The van der Waals surface area contributed by atoms with Gasteiger partial charge < -0.3 is 25.2 Å². The van der Waals surface area contributed by atoms with Gasteiger partial charge in [-0.25, -0.2) is 4.79 Å². The highest BCUT2D eigenvalue weighted by atomic mass is 16.5. The third kappa shape index (κ3) is 9.16. The monoisotopic (exact) mass is 356 g/mol. The van der Waals surface area contributed by atoms with Gasteiger partial charge in [-0.1, -0.05) is 37.8 Å². The molecule has 0 unspecified atom stereocenters. The Morgan fingerprint density at radius 1 is 1.28 bits per heavy atom. The number of aliphatic hydroxyl groups excluding tert-OH is 3. The number of ether oxygens (including phenoxy) is 1. The molecule has 6 nitrogen and oxygen atoms in total. The molecule has 6 heteroatoms. The Morgan fingerprint density at radius 2 is 1.96 bits per heavy atom. The smallest absolute Gasteiger partial charge is 0.331 e. The maximum atomic E-state index is 11.2. The van der Waals surface area contributed by atoms with Gasteiger partial charge in [0.1, 0.15) is 11.7 Å². The number of carbonyl (C=O) groups excluding carboxylic acids is 1. The first-order valence-corrected chi connectivity index (χ1v) is 9.11. The lowest BCUT2D eigenvalue weighted by Crippen LogP contribution is -2.40. The van der Waals surface area contributed by atoms with Gasteiger partial charge in [-0.3, -0.25) is 0 Å². The van der Waals surface area contributed by atoms with Crippen molar-refractivity contribution in [2.45, 2.75) is 82.2 Å². The van der Waals surface area contributed by atoms with Crippen LogP contribution in [0.2, 0.25) is 0 Å². The van der Waals surface area contributed by atoms with Crippen LogP contribution in [-0.4, -0.2) is 56.9 Å². The first kappa shape index (κ1) is 21.8. The number of esters is 1. The molecule has 0 aromatic rings. The van der Waals surface area contributed by atoms with Crippen LogP contribution in [0.25, 0.3) is 0 Å². The maximum Gasteiger partial charge on any atom is 0.331 e. The molecule has 0 aliphatic carbocycles. The number of aliphatic hydroxyl groups is 4. The van der Waals surface area contributed by atoms with Crippen molar-refractivity contribution in [3.63, 3.8) is 0 Å². The third-order valence-corrected chi connectivity index (χ3v) is 4.40. The number of rotatable bonds is 12. The number of cyclic esters (lactones) is 1. The van der Waals surface area contributed by atoms with Crippen LogP contribution < -0.4 is 0 Å². The highest BCUT2D eigenvalue weighted by Gasteiger charge is 2.29. The second kappa shape index (κ2) is 11.4. The Bertz CT molecular complexity index is 443. The molecule has 1 aliphatic heterocycles. The fourth-order valence-corrected chi connectivity index (χ4v) is 2.70. The van der Waals surface area contributed by atoms with Gasteiger partial charge in [-0.2, -0.15) is 0 Å². The lowest BCUT2D eigenvalue weighted by molar-refractivity contribution is -0.141. The molecule has 4 atom stereocenters. The van der Waals surface area contributed by atoms with Gasteiger partial charge in [0.15, 0.2) is 0 Å². The summed E-state index contributed by atoms with van der Waals surface area (Å²) >= 11 is 0. The van der Waals surface area contributed by atoms with E-state index in [0.29, 0.717) is 12.8 Å². The van der Waals surface area contributed by atoms with Crippen molar-refractivity contribution in [2.75, 3.05) is 6.61 Å². The molecule has 0 radical (unpaired) electrons. The van der Waals surface area contributed by atoms with Crippen molar-refractivity contribution >= 4 is 5.97 Å². The largest absolute Gasteiger partial charge is 0.455 e. The Morgan fingerprint density at radius 3 is 2.64 bits per heavy atom. The Hall–Kier alpha value is -1.21. The highest BCUT2D eigenvalue weighted by Crippen LogP contribution is 2.20. The zero-order valence-electron chi connectivity index (χ0n) is 15.0. The van der Waals surface area contributed by atoms with E-state index >= 15 is 0 Å². The van der Waals surface area contributed by atoms with Crippen molar-refractivity contribution in [3.8, 4) is 0 Å². The van der Waals surface area contributed by atoms with Crippen LogP contribution in [0.4, 0.5) is 0 Å². The highest BCUT2D eigenvalue weighted by molar-refractivity contribution is 5.82. The van der Waals surface area contributed by atoms with Gasteiger partial charge in [0.25, 0.3) is 0 Å². The average molecular weight is 356 g/mol. The second-order valence-electron chi connectivity index (χ2n) is 6.88. The van der Waals surface area contributed by atoms with E-state index in [1.54, 1.807) is 12.2 Å². The molecular weight excluding hydrogens is 324 g/mol. The number of unbranched alkanes of at least 4 members (excludes halogenated alkanes) is 4. The van der Waals surface area contributed by atoms with E-state index in [1.165, 1.54) is 19.1 Å². The molecule has 0 amide bonds. The van der Waals surface area contributed by atoms with Gasteiger partial charge in [0.2, 0.25) is 0 Å². The van der Waals surface area contributed by atoms with E-state index < -0.39 is 29.9 Å². The van der Waals surface area contributed by atoms with E-state index in [4.69, 9.17) is 9.84 Å². The van der Waals surface area contributed by atoms with Crippen LogP contribution >= 0.6 is 0 Å². The van der Waals surface area contributed by atoms with Gasteiger partial charge in [-0.15, -0.1) is 0 Å². The van der Waals surface area contributed by atoms with Gasteiger partial charge in [-0.05, 0) is 25.8 Å². The summed E-state index contributed by atoms with van der Waals surface area (Å²) in [6, 6.07) is 0. The summed E-state index contributed by atoms with van der Waals surface area (Å²) in [5.74, 6) is -0.421. The summed E-state index contributed by atoms with van der Waals surface area (Å²) in [6.07, 6.45) is 9.65. The predicted molar refractivity (Wildman–Crippen MR) is 94.8 cm³/mol. The molecule has 0 aromatic heterocycles. The Labute approximate surface area is 149 Å². The number of hydrogen-bond acceptors (Lipinski definition) is 6. The fourth-order valence-electron chi connectivity index (χ4n) is 2.70. The zero-order chi connectivity index (χ0) is 18.7. The summed E-state index contributed by atoms with van der Waals surface area (Å²) in [7, 11) is 0. The molecule has 25 heavy (non-hydrogen) atoms. The standard InChI is InChI=1S/C19H32O6/c1-19(24,12-11-16-9-7-10-18(23)25-16)17(22)14-15(21)8-5-3-2-4-6-13-20/h7,10-12,15-17,20-22,24H,2-6,8-9,13-14H2,1H3/t15-,16+,17+,19+/m0/s1. The summed E-state index contributed by atoms with van der Waals surface area (Å²) in [5, 5.41) is 39.3. The Balaban J connectivity index is 2.31. The molecule has 1 rings (SSSR count). The summed E-state index contributed by atoms with van der Waals surface area (Å²) in [4.78, 5) is 11.2. The molecule has 4 N–H and O–H groups in total. The molecule has 144 valence electrons. The van der Waals surface area contributed by atoms with Crippen molar-refractivity contribution in [2.24, 2.45) is 0 Å². The first-order chi connectivity index (χ1) is 11.8. The summed E-state index contributed by atoms with van der Waals surface area (Å²) in [6.45, 7) is 1.68. The molecule has 0 saturated heterocycles. The van der Waals surface area contributed by atoms with Crippen LogP contribution in [0.15, 0.2) is 24.3 Å². The van der Waals surface area contributed by atoms with Crippen LogP contribution in [-0.2, 0) is 9.53 Å². The molecule has 1 heterocycles. The lowest BCUT2D eigenvalue weighted by Gasteiger charge is -2.28. The molecule has 0 saturated carbocycles. The molecular formula is C19H32O6. The van der Waals surface area contributed by atoms with Crippen LogP contribution in [0.5, 0.6) is 0 Å². The molecule has 0 spiro atoms. The maximum absolute atomic E-state index is 11.2. The molecule has 0 bridgehead atoms. The minimum atomic E-state index is -1.50. The summed E-state index contributed by atoms with van der Waals surface area (Å²) in [5.41, 5.74) is -1.50. The van der Waals surface area contributed by atoms with Gasteiger partial charge >= 0.3 is 5.97 Å². The predicted octanol–water partition coefficient (Wildman–Crippen LogP) is 1.61. The summed E-state index contributed by atoms with van der Waals surface area (Å²) < 4.78 is 5.07. The average Bonchev–Trinajstić information content (AvgIpc) is 2.56. The third-order valence-electron chi connectivity index (χ3n) is 4.40. The van der Waals surface area contributed by atoms with E-state index in [2.05, 4.69) is 0 Å².